The van der Waals surface area contributed by atoms with E-state index in [0.29, 0.717) is 11.6 Å². The molecule has 0 fully saturated rings. The number of carbonyl (C=O) groups excluding carboxylic acids is 1. The summed E-state index contributed by atoms with van der Waals surface area (Å²) < 4.78 is 10.3. The normalized spacial score (nSPS) is 12.7. The summed E-state index contributed by atoms with van der Waals surface area (Å²) in [6.45, 7) is 3.86. The van der Waals surface area contributed by atoms with Crippen LogP contribution in [0, 0.1) is 5.92 Å². The summed E-state index contributed by atoms with van der Waals surface area (Å²) in [4.78, 5) is 15.9. The molecule has 1 heterocycles. The van der Waals surface area contributed by atoms with Crippen LogP contribution in [0.1, 0.15) is 13.8 Å². The minimum Gasteiger partial charge on any atom is -0.467 e. The molecule has 1 aromatic heterocycles. The van der Waals surface area contributed by atoms with Crippen LogP contribution in [0.15, 0.2) is 28.7 Å². The van der Waals surface area contributed by atoms with E-state index in [0.717, 1.165) is 5.52 Å². The van der Waals surface area contributed by atoms with Gasteiger partial charge in [-0.25, -0.2) is 4.79 Å². The number of fused-ring (bicyclic) bond motifs is 1. The van der Waals surface area contributed by atoms with Gasteiger partial charge in [-0.15, -0.1) is 0 Å². The Balaban J connectivity index is 2.23. The Morgan fingerprint density at radius 2 is 2.11 bits per heavy atom. The summed E-state index contributed by atoms with van der Waals surface area (Å²) >= 11 is 0. The van der Waals surface area contributed by atoms with Crippen LogP contribution in [-0.4, -0.2) is 24.1 Å². The van der Waals surface area contributed by atoms with Gasteiger partial charge in [-0.05, 0) is 18.1 Å². The Hall–Kier alpha value is -2.04. The van der Waals surface area contributed by atoms with E-state index in [1.807, 2.05) is 38.1 Å². The van der Waals surface area contributed by atoms with Gasteiger partial charge in [0.15, 0.2) is 5.58 Å². The molecule has 1 atom stereocenters. The quantitative estimate of drug-likeness (QED) is 0.842. The molecule has 18 heavy (non-hydrogen) atoms. The molecular weight excluding hydrogens is 232 g/mol. The number of nitrogens with one attached hydrogen (secondary N) is 1. The molecule has 1 aromatic carbocycles. The zero-order chi connectivity index (χ0) is 13.1. The maximum atomic E-state index is 11.6. The smallest absolute Gasteiger partial charge is 0.328 e. The van der Waals surface area contributed by atoms with Gasteiger partial charge in [-0.3, -0.25) is 0 Å². The fraction of sp³-hybridized carbons (Fsp3) is 0.385. The summed E-state index contributed by atoms with van der Waals surface area (Å²) in [5.74, 6) is -0.250. The van der Waals surface area contributed by atoms with Crippen molar-refractivity contribution in [3.05, 3.63) is 24.3 Å². The lowest BCUT2D eigenvalue weighted by Gasteiger charge is -2.18. The predicted octanol–water partition coefficient (Wildman–Crippen LogP) is 2.44. The second-order valence-electron chi connectivity index (χ2n) is 4.38. The van der Waals surface area contributed by atoms with Gasteiger partial charge in [0.05, 0.1) is 7.11 Å². The highest BCUT2D eigenvalue weighted by atomic mass is 16.5. The topological polar surface area (TPSA) is 64.4 Å². The third kappa shape index (κ3) is 2.45. The number of methoxy groups -OCH3 is 1. The predicted molar refractivity (Wildman–Crippen MR) is 68.3 cm³/mol. The number of ether oxygens (including phenoxy) is 1. The number of oxazole rings is 1. The number of hydrogen-bond donors (Lipinski definition) is 1. The molecule has 0 bridgehead atoms. The second-order valence-corrected chi connectivity index (χ2v) is 4.38. The van der Waals surface area contributed by atoms with Crippen molar-refractivity contribution < 1.29 is 13.9 Å². The molecule has 1 unspecified atom stereocenters. The lowest BCUT2D eigenvalue weighted by atomic mass is 10.1. The van der Waals surface area contributed by atoms with Gasteiger partial charge < -0.3 is 14.5 Å². The molecule has 0 saturated heterocycles. The molecule has 0 amide bonds. The third-order valence-corrected chi connectivity index (χ3v) is 2.69. The second kappa shape index (κ2) is 5.08. The van der Waals surface area contributed by atoms with E-state index in [1.165, 1.54) is 7.11 Å². The Morgan fingerprint density at radius 1 is 1.39 bits per heavy atom. The van der Waals surface area contributed by atoms with Crippen LogP contribution in [-0.2, 0) is 9.53 Å². The molecule has 0 aliphatic carbocycles. The number of aromatic nitrogens is 1. The molecule has 0 saturated carbocycles. The zero-order valence-corrected chi connectivity index (χ0v) is 10.6. The number of nitrogens with zero attached hydrogens (tertiary/aromatic N) is 1. The molecule has 5 nitrogen and oxygen atoms in total. The summed E-state index contributed by atoms with van der Waals surface area (Å²) in [5, 5.41) is 2.97. The largest absolute Gasteiger partial charge is 0.467 e. The van der Waals surface area contributed by atoms with E-state index in [-0.39, 0.29) is 11.9 Å². The number of para-hydroxylation sites is 2. The monoisotopic (exact) mass is 248 g/mol. The number of anilines is 1. The lowest BCUT2D eigenvalue weighted by Crippen LogP contribution is -2.35. The van der Waals surface area contributed by atoms with E-state index in [9.17, 15) is 4.79 Å². The Kier molecular flexibility index (Phi) is 3.50. The zero-order valence-electron chi connectivity index (χ0n) is 10.6. The number of hydrogen-bond acceptors (Lipinski definition) is 5. The standard InChI is InChI=1S/C13H16N2O3/c1-8(2)11(12(16)17-3)15-13-14-9-6-4-5-7-10(9)18-13/h4-8,11H,1-3H3,(H,14,15). The third-order valence-electron chi connectivity index (χ3n) is 2.69. The van der Waals surface area contributed by atoms with Crippen LogP contribution in [0.5, 0.6) is 0 Å². The minimum atomic E-state index is -0.469. The summed E-state index contributed by atoms with van der Waals surface area (Å²) in [5.41, 5.74) is 1.44. The van der Waals surface area contributed by atoms with Crippen molar-refractivity contribution in [2.45, 2.75) is 19.9 Å². The highest BCUT2D eigenvalue weighted by Gasteiger charge is 2.24. The van der Waals surface area contributed by atoms with E-state index in [2.05, 4.69) is 10.3 Å². The van der Waals surface area contributed by atoms with Gasteiger partial charge in [0.25, 0.3) is 6.01 Å². The van der Waals surface area contributed by atoms with E-state index >= 15 is 0 Å². The lowest BCUT2D eigenvalue weighted by molar-refractivity contribution is -0.142. The number of rotatable bonds is 4. The summed E-state index contributed by atoms with van der Waals surface area (Å²) in [7, 11) is 1.37. The first kappa shape index (κ1) is 12.4. The van der Waals surface area contributed by atoms with Crippen molar-refractivity contribution in [2.24, 2.45) is 5.92 Å². The SMILES string of the molecule is COC(=O)C(Nc1nc2ccccc2o1)C(C)C. The molecule has 0 aliphatic rings. The van der Waals surface area contributed by atoms with Crippen molar-refractivity contribution in [1.82, 2.24) is 4.98 Å². The first-order valence-electron chi connectivity index (χ1n) is 5.81. The number of carbonyl (C=O) groups is 1. The molecule has 0 spiro atoms. The Labute approximate surface area is 105 Å². The molecule has 0 aliphatic heterocycles. The van der Waals surface area contributed by atoms with Crippen LogP contribution < -0.4 is 5.32 Å². The van der Waals surface area contributed by atoms with E-state index < -0.39 is 6.04 Å². The van der Waals surface area contributed by atoms with Crippen LogP contribution in [0.3, 0.4) is 0 Å². The Morgan fingerprint density at radius 3 is 2.72 bits per heavy atom. The van der Waals surface area contributed by atoms with Crippen molar-refractivity contribution in [3.8, 4) is 0 Å². The molecule has 96 valence electrons. The first-order chi connectivity index (χ1) is 8.61. The summed E-state index contributed by atoms with van der Waals surface area (Å²) in [6, 6.07) is 7.30. The van der Waals surface area contributed by atoms with Crippen molar-refractivity contribution >= 4 is 23.1 Å². The van der Waals surface area contributed by atoms with Crippen LogP contribution in [0.25, 0.3) is 11.1 Å². The fourth-order valence-electron chi connectivity index (χ4n) is 1.69. The fourth-order valence-corrected chi connectivity index (χ4v) is 1.69. The maximum absolute atomic E-state index is 11.6. The van der Waals surface area contributed by atoms with E-state index in [4.69, 9.17) is 9.15 Å². The van der Waals surface area contributed by atoms with Crippen molar-refractivity contribution in [2.75, 3.05) is 12.4 Å². The van der Waals surface area contributed by atoms with Gasteiger partial charge >= 0.3 is 5.97 Å². The highest BCUT2D eigenvalue weighted by Crippen LogP contribution is 2.20. The minimum absolute atomic E-state index is 0.0764. The molecular formula is C13H16N2O3. The Bertz CT molecular complexity index is 515. The van der Waals surface area contributed by atoms with E-state index in [1.54, 1.807) is 0 Å². The highest BCUT2D eigenvalue weighted by molar-refractivity contribution is 5.80. The van der Waals surface area contributed by atoms with Crippen molar-refractivity contribution in [3.63, 3.8) is 0 Å². The van der Waals surface area contributed by atoms with Gasteiger partial charge in [-0.1, -0.05) is 26.0 Å². The van der Waals surface area contributed by atoms with Gasteiger partial charge in [0, 0.05) is 0 Å². The first-order valence-corrected chi connectivity index (χ1v) is 5.81. The van der Waals surface area contributed by atoms with Gasteiger partial charge in [-0.2, -0.15) is 4.98 Å². The van der Waals surface area contributed by atoms with Crippen LogP contribution >= 0.6 is 0 Å². The molecule has 5 heteroatoms. The molecule has 0 radical (unpaired) electrons. The average Bonchev–Trinajstić information content (AvgIpc) is 2.77. The molecule has 2 rings (SSSR count). The number of esters is 1. The molecule has 2 aromatic rings. The van der Waals surface area contributed by atoms with Crippen LogP contribution in [0.2, 0.25) is 0 Å². The summed E-state index contributed by atoms with van der Waals surface area (Å²) in [6.07, 6.45) is 0. The maximum Gasteiger partial charge on any atom is 0.328 e. The average molecular weight is 248 g/mol. The molecule has 1 N–H and O–H groups in total. The van der Waals surface area contributed by atoms with Gasteiger partial charge in [0.2, 0.25) is 0 Å². The van der Waals surface area contributed by atoms with Crippen LogP contribution in [0.4, 0.5) is 6.01 Å². The number of benzene rings is 1. The van der Waals surface area contributed by atoms with Gasteiger partial charge in [0.1, 0.15) is 11.6 Å². The van der Waals surface area contributed by atoms with Crippen molar-refractivity contribution in [1.29, 1.82) is 0 Å².